The van der Waals surface area contributed by atoms with E-state index in [9.17, 15) is 4.79 Å². The van der Waals surface area contributed by atoms with E-state index in [1.54, 1.807) is 7.11 Å². The number of ether oxygens (including phenoxy) is 1. The average Bonchev–Trinajstić information content (AvgIpc) is 2.16. The molecule has 0 aromatic heterocycles. The molecule has 0 aliphatic heterocycles. The number of aldehydes is 1. The second-order valence-corrected chi connectivity index (χ2v) is 3.93. The van der Waals surface area contributed by atoms with E-state index in [2.05, 4.69) is 13.5 Å². The molecule has 0 saturated heterocycles. The maximum atomic E-state index is 10.7. The van der Waals surface area contributed by atoms with Crippen molar-refractivity contribution in [3.63, 3.8) is 0 Å². The Kier molecular flexibility index (Phi) is 3.67. The van der Waals surface area contributed by atoms with E-state index in [1.807, 2.05) is 0 Å². The summed E-state index contributed by atoms with van der Waals surface area (Å²) in [6, 6.07) is 0. The van der Waals surface area contributed by atoms with Crippen LogP contribution in [0.1, 0.15) is 26.2 Å². The molecule has 1 saturated carbocycles. The van der Waals surface area contributed by atoms with Crippen LogP contribution in [0.5, 0.6) is 0 Å². The van der Waals surface area contributed by atoms with Gasteiger partial charge in [0.2, 0.25) is 0 Å². The normalized spacial score (nSPS) is 34.2. The van der Waals surface area contributed by atoms with Crippen LogP contribution in [0.4, 0.5) is 0 Å². The number of rotatable bonds is 3. The predicted molar refractivity (Wildman–Crippen MR) is 52.5 cm³/mol. The molecule has 1 aliphatic carbocycles. The summed E-state index contributed by atoms with van der Waals surface area (Å²) in [5.41, 5.74) is 1.21. The molecule has 2 nitrogen and oxygen atoms in total. The first-order valence-electron chi connectivity index (χ1n) is 4.82. The third-order valence-corrected chi connectivity index (χ3v) is 3.02. The highest BCUT2D eigenvalue weighted by atomic mass is 16.5. The molecule has 1 rings (SSSR count). The fourth-order valence-corrected chi connectivity index (χ4v) is 2.03. The van der Waals surface area contributed by atoms with Crippen LogP contribution in [0, 0.1) is 11.8 Å². The summed E-state index contributed by atoms with van der Waals surface area (Å²) in [7, 11) is 1.68. The second-order valence-electron chi connectivity index (χ2n) is 3.93. The summed E-state index contributed by atoms with van der Waals surface area (Å²) in [5, 5.41) is 0. The van der Waals surface area contributed by atoms with Crippen molar-refractivity contribution in [3.05, 3.63) is 12.2 Å². The van der Waals surface area contributed by atoms with E-state index in [1.165, 1.54) is 5.57 Å². The van der Waals surface area contributed by atoms with Gasteiger partial charge in [0, 0.05) is 13.0 Å². The fraction of sp³-hybridized carbons (Fsp3) is 0.727. The largest absolute Gasteiger partial charge is 0.381 e. The van der Waals surface area contributed by atoms with Crippen LogP contribution in [0.2, 0.25) is 0 Å². The second kappa shape index (κ2) is 4.56. The zero-order valence-corrected chi connectivity index (χ0v) is 8.45. The molecule has 0 aromatic carbocycles. The third kappa shape index (κ3) is 2.41. The molecular weight excluding hydrogens is 164 g/mol. The molecule has 3 atom stereocenters. The van der Waals surface area contributed by atoms with Crippen molar-refractivity contribution in [2.45, 2.75) is 32.3 Å². The molecule has 0 amide bonds. The van der Waals surface area contributed by atoms with Crippen LogP contribution < -0.4 is 0 Å². The van der Waals surface area contributed by atoms with Crippen molar-refractivity contribution in [2.24, 2.45) is 11.8 Å². The lowest BCUT2D eigenvalue weighted by molar-refractivity contribution is -0.117. The number of carbonyl (C=O) groups is 1. The molecule has 0 radical (unpaired) electrons. The minimum atomic E-state index is 0.0978. The lowest BCUT2D eigenvalue weighted by Crippen LogP contribution is -2.32. The molecule has 0 N–H and O–H groups in total. The number of hydrogen-bond donors (Lipinski definition) is 0. The molecule has 0 spiro atoms. The van der Waals surface area contributed by atoms with Crippen LogP contribution >= 0.6 is 0 Å². The fourth-order valence-electron chi connectivity index (χ4n) is 2.03. The van der Waals surface area contributed by atoms with E-state index in [0.717, 1.165) is 25.5 Å². The van der Waals surface area contributed by atoms with Gasteiger partial charge in [-0.3, -0.25) is 0 Å². The van der Waals surface area contributed by atoms with Gasteiger partial charge >= 0.3 is 0 Å². The van der Waals surface area contributed by atoms with Crippen molar-refractivity contribution >= 4 is 6.29 Å². The van der Waals surface area contributed by atoms with Crippen LogP contribution in [0.25, 0.3) is 0 Å². The van der Waals surface area contributed by atoms with Crippen molar-refractivity contribution in [1.82, 2.24) is 0 Å². The lowest BCUT2D eigenvalue weighted by Gasteiger charge is -2.32. The first-order valence-corrected chi connectivity index (χ1v) is 4.82. The Labute approximate surface area is 80.0 Å². The standard InChI is InChI=1S/C11H18O2/c1-8(2)9-4-5-10(7-12)11(6-9)13-3/h7,9-11H,1,4-6H2,2-3H3/t9-,10+,11-/m0/s1. The molecule has 1 fully saturated rings. The zero-order valence-electron chi connectivity index (χ0n) is 8.45. The molecule has 0 heterocycles. The monoisotopic (exact) mass is 182 g/mol. The smallest absolute Gasteiger partial charge is 0.125 e. The molecule has 2 heteroatoms. The third-order valence-electron chi connectivity index (χ3n) is 3.02. The summed E-state index contributed by atoms with van der Waals surface area (Å²) in [5.74, 6) is 0.641. The van der Waals surface area contributed by atoms with E-state index in [4.69, 9.17) is 4.74 Å². The zero-order chi connectivity index (χ0) is 9.84. The number of carbonyl (C=O) groups excluding carboxylic acids is 1. The quantitative estimate of drug-likeness (QED) is 0.494. The first kappa shape index (κ1) is 10.5. The summed E-state index contributed by atoms with van der Waals surface area (Å²) >= 11 is 0. The van der Waals surface area contributed by atoms with E-state index in [-0.39, 0.29) is 12.0 Å². The first-order chi connectivity index (χ1) is 6.19. The Morgan fingerprint density at radius 1 is 1.54 bits per heavy atom. The van der Waals surface area contributed by atoms with Gasteiger partial charge in [0.05, 0.1) is 6.10 Å². The molecule has 0 bridgehead atoms. The number of methoxy groups -OCH3 is 1. The SMILES string of the molecule is C=C(C)[C@H]1CC[C@H](C=O)[C@@H](OC)C1. The molecular formula is C11H18O2. The van der Waals surface area contributed by atoms with Crippen molar-refractivity contribution < 1.29 is 9.53 Å². The van der Waals surface area contributed by atoms with Gasteiger partial charge in [-0.05, 0) is 32.1 Å². The summed E-state index contributed by atoms with van der Waals surface area (Å²) in [4.78, 5) is 10.7. The van der Waals surface area contributed by atoms with Gasteiger partial charge in [0.15, 0.2) is 0 Å². The van der Waals surface area contributed by atoms with Gasteiger partial charge in [-0.15, -0.1) is 0 Å². The van der Waals surface area contributed by atoms with Gasteiger partial charge < -0.3 is 9.53 Å². The predicted octanol–water partition coefficient (Wildman–Crippen LogP) is 2.19. The Morgan fingerprint density at radius 3 is 2.69 bits per heavy atom. The van der Waals surface area contributed by atoms with Crippen molar-refractivity contribution in [2.75, 3.05) is 7.11 Å². The molecule has 0 aromatic rings. The Morgan fingerprint density at radius 2 is 2.23 bits per heavy atom. The molecule has 13 heavy (non-hydrogen) atoms. The summed E-state index contributed by atoms with van der Waals surface area (Å²) < 4.78 is 5.30. The Balaban J connectivity index is 2.57. The van der Waals surface area contributed by atoms with Gasteiger partial charge in [0.1, 0.15) is 6.29 Å². The van der Waals surface area contributed by atoms with Crippen LogP contribution in [0.3, 0.4) is 0 Å². The summed E-state index contributed by atoms with van der Waals surface area (Å²) in [6.07, 6.45) is 4.11. The average molecular weight is 182 g/mol. The van der Waals surface area contributed by atoms with Crippen molar-refractivity contribution in [3.8, 4) is 0 Å². The van der Waals surface area contributed by atoms with Gasteiger partial charge in [0.25, 0.3) is 0 Å². The van der Waals surface area contributed by atoms with E-state index in [0.29, 0.717) is 5.92 Å². The van der Waals surface area contributed by atoms with Gasteiger partial charge in [-0.2, -0.15) is 0 Å². The highest BCUT2D eigenvalue weighted by Crippen LogP contribution is 2.33. The van der Waals surface area contributed by atoms with Crippen LogP contribution in [-0.2, 0) is 9.53 Å². The number of hydrogen-bond acceptors (Lipinski definition) is 2. The van der Waals surface area contributed by atoms with Gasteiger partial charge in [-0.1, -0.05) is 12.2 Å². The maximum Gasteiger partial charge on any atom is 0.125 e. The van der Waals surface area contributed by atoms with Crippen LogP contribution in [-0.4, -0.2) is 19.5 Å². The summed E-state index contributed by atoms with van der Waals surface area (Å²) in [6.45, 7) is 6.01. The molecule has 74 valence electrons. The lowest BCUT2D eigenvalue weighted by atomic mass is 9.78. The number of allylic oxidation sites excluding steroid dienone is 1. The Bertz CT molecular complexity index is 198. The van der Waals surface area contributed by atoms with E-state index >= 15 is 0 Å². The minimum absolute atomic E-state index is 0.0978. The molecule has 1 aliphatic rings. The maximum absolute atomic E-state index is 10.7. The van der Waals surface area contributed by atoms with Crippen molar-refractivity contribution in [1.29, 1.82) is 0 Å². The minimum Gasteiger partial charge on any atom is -0.381 e. The molecule has 0 unspecified atom stereocenters. The Hall–Kier alpha value is -0.630. The topological polar surface area (TPSA) is 26.3 Å². The highest BCUT2D eigenvalue weighted by Gasteiger charge is 2.30. The van der Waals surface area contributed by atoms with Gasteiger partial charge in [-0.25, -0.2) is 0 Å². The van der Waals surface area contributed by atoms with E-state index < -0.39 is 0 Å². The van der Waals surface area contributed by atoms with Crippen LogP contribution in [0.15, 0.2) is 12.2 Å². The highest BCUT2D eigenvalue weighted by molar-refractivity contribution is 5.54.